The zero-order valence-electron chi connectivity index (χ0n) is 22.5. The Kier molecular flexibility index (Phi) is 9.06. The molecule has 8 heteroatoms. The normalized spacial score (nSPS) is 11.6. The van der Waals surface area contributed by atoms with Crippen molar-refractivity contribution in [3.63, 3.8) is 0 Å². The molecule has 210 valence electrons. The van der Waals surface area contributed by atoms with Gasteiger partial charge in [-0.3, -0.25) is 0 Å². The van der Waals surface area contributed by atoms with Crippen LogP contribution in [0.2, 0.25) is 20.1 Å². The summed E-state index contributed by atoms with van der Waals surface area (Å²) in [5.41, 5.74) is 4.91. The molecule has 4 aromatic rings. The van der Waals surface area contributed by atoms with Crippen LogP contribution in [0.25, 0.3) is 0 Å². The van der Waals surface area contributed by atoms with Gasteiger partial charge in [0.05, 0.1) is 0 Å². The maximum atomic E-state index is 11.0. The molecule has 4 nitrogen and oxygen atoms in total. The number of benzene rings is 4. The van der Waals surface area contributed by atoms with Gasteiger partial charge >= 0.3 is 0 Å². The highest BCUT2D eigenvalue weighted by molar-refractivity contribution is 6.32. The molecular weight excluding hydrogens is 590 g/mol. The summed E-state index contributed by atoms with van der Waals surface area (Å²) in [6.45, 7) is 7.19. The van der Waals surface area contributed by atoms with Crippen molar-refractivity contribution >= 4 is 46.4 Å². The first-order chi connectivity index (χ1) is 18.8. The van der Waals surface area contributed by atoms with Crippen molar-refractivity contribution in [2.45, 2.75) is 52.4 Å². The van der Waals surface area contributed by atoms with Crippen LogP contribution in [0.5, 0.6) is 23.0 Å². The maximum absolute atomic E-state index is 11.0. The molecule has 0 saturated carbocycles. The van der Waals surface area contributed by atoms with Crippen molar-refractivity contribution in [1.29, 1.82) is 0 Å². The highest BCUT2D eigenvalue weighted by atomic mass is 35.5. The molecule has 0 atom stereocenters. The Bertz CT molecular complexity index is 1370. The van der Waals surface area contributed by atoms with E-state index in [0.717, 1.165) is 0 Å². The van der Waals surface area contributed by atoms with E-state index in [0.29, 0.717) is 77.4 Å². The Morgan fingerprint density at radius 3 is 0.825 bits per heavy atom. The molecule has 0 aromatic heterocycles. The molecule has 40 heavy (non-hydrogen) atoms. The predicted octanol–water partition coefficient (Wildman–Crippen LogP) is 10.1. The maximum Gasteiger partial charge on any atom is 0.119 e. The molecular formula is C32H30Cl4O4. The van der Waals surface area contributed by atoms with E-state index in [2.05, 4.69) is 0 Å². The van der Waals surface area contributed by atoms with Crippen LogP contribution < -0.4 is 0 Å². The van der Waals surface area contributed by atoms with E-state index in [9.17, 15) is 20.4 Å². The Balaban J connectivity index is 1.89. The van der Waals surface area contributed by atoms with Gasteiger partial charge in [0, 0.05) is 54.2 Å². The van der Waals surface area contributed by atoms with E-state index in [-0.39, 0.29) is 23.0 Å². The third-order valence-electron chi connectivity index (χ3n) is 7.48. The van der Waals surface area contributed by atoms with Crippen LogP contribution in [-0.4, -0.2) is 20.4 Å². The van der Waals surface area contributed by atoms with Gasteiger partial charge in [-0.15, -0.1) is 0 Å². The molecule has 0 bridgehead atoms. The number of phenolic OH excluding ortho intramolecular Hbond substituents is 4. The minimum absolute atomic E-state index is 0.0296. The zero-order chi connectivity index (χ0) is 29.5. The highest BCUT2D eigenvalue weighted by Gasteiger charge is 2.28. The summed E-state index contributed by atoms with van der Waals surface area (Å²) in [6.07, 6.45) is 0.723. The number of phenols is 4. The zero-order valence-corrected chi connectivity index (χ0v) is 25.5. The number of aryl methyl sites for hydroxylation is 4. The standard InChI is InChI=1S/C32H30Cl4O4/c1-15-7-29(37)21(11-25(15)33)19(22-12-26(34)16(2)8-30(22)38)5-6-20(23-13-27(35)17(3)9-31(23)39)24-14-28(36)18(4)10-32(24)40/h7-14,19-20,37-40H,5-6H2,1-4H3. The molecule has 0 spiro atoms. The second-order valence-electron chi connectivity index (χ2n) is 10.3. The molecule has 0 heterocycles. The summed E-state index contributed by atoms with van der Waals surface area (Å²) >= 11 is 25.9. The minimum Gasteiger partial charge on any atom is -0.508 e. The van der Waals surface area contributed by atoms with Crippen LogP contribution >= 0.6 is 46.4 Å². The smallest absolute Gasteiger partial charge is 0.119 e. The van der Waals surface area contributed by atoms with Crippen LogP contribution in [0.15, 0.2) is 48.5 Å². The van der Waals surface area contributed by atoms with Gasteiger partial charge in [0.25, 0.3) is 0 Å². The summed E-state index contributed by atoms with van der Waals surface area (Å²) in [6, 6.07) is 13.1. The van der Waals surface area contributed by atoms with E-state index in [1.54, 1.807) is 76.2 Å². The Hall–Kier alpha value is -2.76. The third-order valence-corrected chi connectivity index (χ3v) is 9.11. The average Bonchev–Trinajstić information content (AvgIpc) is 2.87. The van der Waals surface area contributed by atoms with Gasteiger partial charge in [-0.2, -0.15) is 0 Å². The second kappa shape index (κ2) is 12.0. The van der Waals surface area contributed by atoms with Crippen molar-refractivity contribution in [2.24, 2.45) is 0 Å². The van der Waals surface area contributed by atoms with Gasteiger partial charge in [-0.25, -0.2) is 0 Å². The first-order valence-corrected chi connectivity index (χ1v) is 14.3. The molecule has 0 fully saturated rings. The topological polar surface area (TPSA) is 80.9 Å². The molecule has 4 rings (SSSR count). The Morgan fingerprint density at radius 1 is 0.425 bits per heavy atom. The molecule has 4 aromatic carbocycles. The molecule has 0 radical (unpaired) electrons. The van der Waals surface area contributed by atoms with E-state index in [1.165, 1.54) is 0 Å². The van der Waals surface area contributed by atoms with Crippen LogP contribution in [-0.2, 0) is 0 Å². The van der Waals surface area contributed by atoms with Gasteiger partial charge in [-0.05, 0) is 111 Å². The Morgan fingerprint density at radius 2 is 0.625 bits per heavy atom. The minimum atomic E-state index is -0.537. The summed E-state index contributed by atoms with van der Waals surface area (Å²) in [7, 11) is 0. The molecule has 0 unspecified atom stereocenters. The monoisotopic (exact) mass is 618 g/mol. The Labute approximate surface area is 254 Å². The summed E-state index contributed by atoms with van der Waals surface area (Å²) in [5.74, 6) is -0.956. The van der Waals surface area contributed by atoms with Crippen LogP contribution in [0.1, 0.15) is 69.2 Å². The number of aromatic hydroxyl groups is 4. The van der Waals surface area contributed by atoms with Crippen molar-refractivity contribution in [2.75, 3.05) is 0 Å². The van der Waals surface area contributed by atoms with Crippen molar-refractivity contribution in [3.8, 4) is 23.0 Å². The molecule has 0 aliphatic heterocycles. The van der Waals surface area contributed by atoms with Gasteiger partial charge < -0.3 is 20.4 Å². The highest BCUT2D eigenvalue weighted by Crippen LogP contribution is 2.47. The van der Waals surface area contributed by atoms with E-state index >= 15 is 0 Å². The third kappa shape index (κ3) is 6.11. The molecule has 0 aliphatic rings. The molecule has 4 N–H and O–H groups in total. The molecule has 0 amide bonds. The SMILES string of the molecule is Cc1cc(O)c(C(CCC(c2cc(Cl)c(C)cc2O)c2cc(Cl)c(C)cc2O)c2cc(Cl)c(C)cc2O)cc1Cl. The summed E-state index contributed by atoms with van der Waals surface area (Å²) in [4.78, 5) is 0. The number of hydrogen-bond acceptors (Lipinski definition) is 4. The largest absolute Gasteiger partial charge is 0.508 e. The average molecular weight is 620 g/mol. The predicted molar refractivity (Wildman–Crippen MR) is 164 cm³/mol. The van der Waals surface area contributed by atoms with Crippen molar-refractivity contribution in [3.05, 3.63) is 113 Å². The summed E-state index contributed by atoms with van der Waals surface area (Å²) < 4.78 is 0. The van der Waals surface area contributed by atoms with Crippen molar-refractivity contribution < 1.29 is 20.4 Å². The fourth-order valence-electron chi connectivity index (χ4n) is 5.13. The van der Waals surface area contributed by atoms with E-state index in [1.807, 2.05) is 0 Å². The van der Waals surface area contributed by atoms with Crippen molar-refractivity contribution in [1.82, 2.24) is 0 Å². The van der Waals surface area contributed by atoms with Gasteiger partial charge in [0.1, 0.15) is 23.0 Å². The molecule has 0 aliphatic carbocycles. The first kappa shape index (κ1) is 30.2. The van der Waals surface area contributed by atoms with E-state index in [4.69, 9.17) is 46.4 Å². The fraction of sp³-hybridized carbons (Fsp3) is 0.250. The lowest BCUT2D eigenvalue weighted by atomic mass is 9.79. The summed E-state index contributed by atoms with van der Waals surface area (Å²) in [5, 5.41) is 45.9. The molecule has 0 saturated heterocycles. The van der Waals surface area contributed by atoms with E-state index < -0.39 is 11.8 Å². The second-order valence-corrected chi connectivity index (χ2v) is 12.0. The van der Waals surface area contributed by atoms with Gasteiger partial charge in [0.2, 0.25) is 0 Å². The van der Waals surface area contributed by atoms with Crippen LogP contribution in [0.3, 0.4) is 0 Å². The lowest BCUT2D eigenvalue weighted by molar-refractivity contribution is 0.437. The quantitative estimate of drug-likeness (QED) is 0.166. The first-order valence-electron chi connectivity index (χ1n) is 12.7. The number of rotatable bonds is 7. The number of halogens is 4. The fourth-order valence-corrected chi connectivity index (χ4v) is 5.82. The van der Waals surface area contributed by atoms with Crippen LogP contribution in [0, 0.1) is 27.7 Å². The van der Waals surface area contributed by atoms with Gasteiger partial charge in [-0.1, -0.05) is 46.4 Å². The lowest BCUT2D eigenvalue weighted by Crippen LogP contribution is -2.09. The van der Waals surface area contributed by atoms with Gasteiger partial charge in [0.15, 0.2) is 0 Å². The number of hydrogen-bond donors (Lipinski definition) is 4. The lowest BCUT2D eigenvalue weighted by Gasteiger charge is -2.26. The van der Waals surface area contributed by atoms with Crippen LogP contribution in [0.4, 0.5) is 0 Å².